The third-order valence-corrected chi connectivity index (χ3v) is 5.58. The summed E-state index contributed by atoms with van der Waals surface area (Å²) in [5.41, 5.74) is 1.12. The zero-order valence-electron chi connectivity index (χ0n) is 16.8. The van der Waals surface area contributed by atoms with Crippen LogP contribution in [0.3, 0.4) is 0 Å². The van der Waals surface area contributed by atoms with Gasteiger partial charge in [-0.15, -0.1) is 11.3 Å². The van der Waals surface area contributed by atoms with E-state index < -0.39 is 18.4 Å². The maximum Gasteiger partial charge on any atom is 0.350 e. The van der Waals surface area contributed by atoms with Crippen LogP contribution in [-0.2, 0) is 16.1 Å². The molecule has 1 aromatic heterocycles. The van der Waals surface area contributed by atoms with E-state index in [4.69, 9.17) is 14.2 Å². The van der Waals surface area contributed by atoms with Crippen molar-refractivity contribution >= 4 is 34.7 Å². The van der Waals surface area contributed by atoms with Crippen LogP contribution in [0, 0.1) is 12.7 Å². The first-order chi connectivity index (χ1) is 15.4. The topological polar surface area (TPSA) is 104 Å². The van der Waals surface area contributed by atoms with E-state index >= 15 is 0 Å². The number of hydrogen-bond donors (Lipinski definition) is 1. The Balaban J connectivity index is 1.35. The van der Waals surface area contributed by atoms with Gasteiger partial charge in [-0.1, -0.05) is 0 Å². The molecule has 0 radical (unpaired) electrons. The zero-order chi connectivity index (χ0) is 22.7. The van der Waals surface area contributed by atoms with E-state index in [9.17, 15) is 18.8 Å². The highest BCUT2D eigenvalue weighted by atomic mass is 32.1. The van der Waals surface area contributed by atoms with Crippen molar-refractivity contribution in [1.29, 1.82) is 0 Å². The van der Waals surface area contributed by atoms with Crippen LogP contribution >= 0.6 is 11.3 Å². The number of hydrogen-bond acceptors (Lipinski definition) is 8. The quantitative estimate of drug-likeness (QED) is 0.428. The summed E-state index contributed by atoms with van der Waals surface area (Å²) in [6.45, 7) is 1.21. The normalized spacial score (nSPS) is 12.4. The van der Waals surface area contributed by atoms with Crippen LogP contribution in [0.1, 0.15) is 30.7 Å². The molecule has 0 spiro atoms. The van der Waals surface area contributed by atoms with Gasteiger partial charge in [-0.05, 0) is 49.4 Å². The van der Waals surface area contributed by atoms with Crippen molar-refractivity contribution in [3.8, 4) is 11.5 Å². The number of nitrogens with zero attached hydrogens (tertiary/aromatic N) is 1. The van der Waals surface area contributed by atoms with Gasteiger partial charge < -0.3 is 19.5 Å². The van der Waals surface area contributed by atoms with Crippen molar-refractivity contribution < 1.29 is 33.0 Å². The number of nitrogens with one attached hydrogen (secondary N) is 1. The van der Waals surface area contributed by atoms with Gasteiger partial charge in [-0.3, -0.25) is 9.59 Å². The number of ether oxygens (including phenoxy) is 3. The number of aryl methyl sites for hydroxylation is 1. The van der Waals surface area contributed by atoms with E-state index in [1.54, 1.807) is 13.0 Å². The monoisotopic (exact) mass is 456 g/mol. The minimum atomic E-state index is -0.670. The van der Waals surface area contributed by atoms with Crippen LogP contribution in [0.25, 0.3) is 0 Å². The van der Waals surface area contributed by atoms with Gasteiger partial charge in [0.15, 0.2) is 19.0 Å². The van der Waals surface area contributed by atoms with Gasteiger partial charge in [0.1, 0.15) is 33.8 Å². The first kappa shape index (κ1) is 21.4. The Labute approximate surface area is 185 Å². The molecule has 0 unspecified atom stereocenters. The molecular formula is C22H17FN2O6S. The van der Waals surface area contributed by atoms with E-state index in [2.05, 4.69) is 10.3 Å². The van der Waals surface area contributed by atoms with Gasteiger partial charge in [0.2, 0.25) is 0 Å². The fourth-order valence-electron chi connectivity index (χ4n) is 2.92. The van der Waals surface area contributed by atoms with E-state index in [-0.39, 0.29) is 35.4 Å². The Morgan fingerprint density at radius 2 is 2.00 bits per heavy atom. The molecule has 0 fully saturated rings. The molecule has 1 N–H and O–H groups in total. The second kappa shape index (κ2) is 9.15. The summed E-state index contributed by atoms with van der Waals surface area (Å²) in [5.74, 6) is -0.836. The molecule has 2 aromatic carbocycles. The van der Waals surface area contributed by atoms with Crippen molar-refractivity contribution in [1.82, 2.24) is 4.98 Å². The molecule has 0 atom stereocenters. The molecule has 0 aliphatic carbocycles. The number of halogens is 1. The summed E-state index contributed by atoms with van der Waals surface area (Å²) in [6.07, 6.45) is 0. The van der Waals surface area contributed by atoms with Gasteiger partial charge in [0.05, 0.1) is 11.4 Å². The number of esters is 1. The molecule has 0 saturated carbocycles. The van der Waals surface area contributed by atoms with Crippen LogP contribution in [-0.4, -0.2) is 35.9 Å². The lowest BCUT2D eigenvalue weighted by atomic mass is 10.1. The smallest absolute Gasteiger partial charge is 0.350 e. The Kier molecular flexibility index (Phi) is 6.13. The van der Waals surface area contributed by atoms with E-state index in [0.717, 1.165) is 11.3 Å². The second-order valence-electron chi connectivity index (χ2n) is 6.81. The SMILES string of the molecule is Cc1nc(COc2ccc(F)cc2)sc1C(=O)OCC(=O)c1ccc2c(c1)NC(=O)CO2. The molecule has 32 heavy (non-hydrogen) atoms. The van der Waals surface area contributed by atoms with Crippen LogP contribution in [0.5, 0.6) is 11.5 Å². The number of ketones is 1. The molecule has 3 aromatic rings. The average molecular weight is 456 g/mol. The predicted molar refractivity (Wildman–Crippen MR) is 113 cm³/mol. The molecule has 0 bridgehead atoms. The molecule has 4 rings (SSSR count). The molecule has 1 aliphatic rings. The first-order valence-corrected chi connectivity index (χ1v) is 10.3. The summed E-state index contributed by atoms with van der Waals surface area (Å²) >= 11 is 1.10. The van der Waals surface area contributed by atoms with Crippen molar-refractivity contribution in [2.75, 3.05) is 18.5 Å². The summed E-state index contributed by atoms with van der Waals surface area (Å²) in [5, 5.41) is 3.16. The molecule has 164 valence electrons. The largest absolute Gasteiger partial charge is 0.486 e. The fourth-order valence-corrected chi connectivity index (χ4v) is 3.79. The lowest BCUT2D eigenvalue weighted by molar-refractivity contribution is -0.118. The standard InChI is InChI=1S/C22H17FN2O6S/c1-12-21(32-20(24-12)11-29-15-5-3-14(23)4-6-15)22(28)31-9-17(26)13-2-7-18-16(8-13)25-19(27)10-30-18/h2-8H,9-11H2,1H3,(H,25,27). The maximum absolute atomic E-state index is 13.0. The highest BCUT2D eigenvalue weighted by Gasteiger charge is 2.21. The number of aromatic nitrogens is 1. The van der Waals surface area contributed by atoms with Gasteiger partial charge in [0.25, 0.3) is 5.91 Å². The van der Waals surface area contributed by atoms with Crippen LogP contribution < -0.4 is 14.8 Å². The van der Waals surface area contributed by atoms with Gasteiger partial charge in [-0.25, -0.2) is 14.2 Å². The lowest BCUT2D eigenvalue weighted by Crippen LogP contribution is -2.25. The number of fused-ring (bicyclic) bond motifs is 1. The van der Waals surface area contributed by atoms with Gasteiger partial charge >= 0.3 is 5.97 Å². The van der Waals surface area contributed by atoms with Gasteiger partial charge in [0, 0.05) is 5.56 Å². The number of amides is 1. The molecular weight excluding hydrogens is 439 g/mol. The lowest BCUT2D eigenvalue weighted by Gasteiger charge is -2.18. The third-order valence-electron chi connectivity index (χ3n) is 4.47. The third kappa shape index (κ3) is 4.92. The molecule has 2 heterocycles. The van der Waals surface area contributed by atoms with E-state index in [1.807, 2.05) is 0 Å². The minimum Gasteiger partial charge on any atom is -0.486 e. The number of carbonyl (C=O) groups excluding carboxylic acids is 3. The maximum atomic E-state index is 13.0. The molecule has 0 saturated heterocycles. The minimum absolute atomic E-state index is 0.0803. The average Bonchev–Trinajstić information content (AvgIpc) is 3.17. The Hall–Kier alpha value is -3.79. The summed E-state index contributed by atoms with van der Waals surface area (Å²) in [4.78, 5) is 40.9. The van der Waals surface area contributed by atoms with E-state index in [0.29, 0.717) is 27.9 Å². The molecule has 10 heteroatoms. The number of benzene rings is 2. The highest BCUT2D eigenvalue weighted by Crippen LogP contribution is 2.28. The number of anilines is 1. The first-order valence-electron chi connectivity index (χ1n) is 9.51. The van der Waals surface area contributed by atoms with Crippen molar-refractivity contribution in [3.63, 3.8) is 0 Å². The zero-order valence-corrected chi connectivity index (χ0v) is 17.7. The van der Waals surface area contributed by atoms with Crippen molar-refractivity contribution in [3.05, 3.63) is 69.4 Å². The van der Waals surface area contributed by atoms with Crippen molar-refractivity contribution in [2.45, 2.75) is 13.5 Å². The van der Waals surface area contributed by atoms with Crippen molar-refractivity contribution in [2.24, 2.45) is 0 Å². The van der Waals surface area contributed by atoms with Crippen LogP contribution in [0.4, 0.5) is 10.1 Å². The Bertz CT molecular complexity index is 1190. The summed E-state index contributed by atoms with van der Waals surface area (Å²) < 4.78 is 28.9. The van der Waals surface area contributed by atoms with E-state index in [1.165, 1.54) is 36.4 Å². The second-order valence-corrected chi connectivity index (χ2v) is 7.90. The van der Waals surface area contributed by atoms with Crippen LogP contribution in [0.2, 0.25) is 0 Å². The number of thiazole rings is 1. The molecule has 1 amide bonds. The number of rotatable bonds is 7. The number of carbonyl (C=O) groups is 3. The predicted octanol–water partition coefficient (Wildman–Crippen LogP) is 3.54. The Morgan fingerprint density at radius 3 is 2.78 bits per heavy atom. The molecule has 1 aliphatic heterocycles. The molecule has 8 nitrogen and oxygen atoms in total. The highest BCUT2D eigenvalue weighted by molar-refractivity contribution is 7.13. The van der Waals surface area contributed by atoms with Gasteiger partial charge in [-0.2, -0.15) is 0 Å². The van der Waals surface area contributed by atoms with Crippen LogP contribution in [0.15, 0.2) is 42.5 Å². The summed E-state index contributed by atoms with van der Waals surface area (Å²) in [7, 11) is 0. The summed E-state index contributed by atoms with van der Waals surface area (Å²) in [6, 6.07) is 10.1. The fraction of sp³-hybridized carbons (Fsp3) is 0.182. The number of Topliss-reactive ketones (excluding diaryl/α,β-unsaturated/α-hetero) is 1. The Morgan fingerprint density at radius 1 is 1.22 bits per heavy atom.